The van der Waals surface area contributed by atoms with E-state index in [0.29, 0.717) is 15.8 Å². The molecule has 0 unspecified atom stereocenters. The first-order valence-electron chi connectivity index (χ1n) is 6.87. The van der Waals surface area contributed by atoms with E-state index in [-0.39, 0.29) is 16.4 Å². The molecule has 0 radical (unpaired) electrons. The highest BCUT2D eigenvalue weighted by atomic mass is 32.2. The van der Waals surface area contributed by atoms with Crippen LogP contribution in [-0.2, 0) is 4.79 Å². The minimum Gasteiger partial charge on any atom is -0.495 e. The van der Waals surface area contributed by atoms with Crippen molar-refractivity contribution in [3.05, 3.63) is 64.6 Å². The fourth-order valence-electron chi connectivity index (χ4n) is 2.25. The van der Waals surface area contributed by atoms with Gasteiger partial charge in [-0.05, 0) is 30.3 Å². The molecule has 0 spiro atoms. The van der Waals surface area contributed by atoms with Gasteiger partial charge in [0.2, 0.25) is 0 Å². The van der Waals surface area contributed by atoms with Crippen molar-refractivity contribution in [1.82, 2.24) is 0 Å². The summed E-state index contributed by atoms with van der Waals surface area (Å²) in [6, 6.07) is 10.2. The summed E-state index contributed by atoms with van der Waals surface area (Å²) in [6.45, 7) is 0. The molecule has 0 atom stereocenters. The van der Waals surface area contributed by atoms with Gasteiger partial charge in [-0.2, -0.15) is 0 Å². The molecule has 1 aliphatic rings. The summed E-state index contributed by atoms with van der Waals surface area (Å²) in [5.74, 6) is -1.29. The van der Waals surface area contributed by atoms with Crippen LogP contribution < -0.4 is 9.64 Å². The van der Waals surface area contributed by atoms with Crippen LogP contribution in [0.5, 0.6) is 5.75 Å². The zero-order valence-electron chi connectivity index (χ0n) is 12.5. The molecule has 2 aromatic rings. The average molecular weight is 363 g/mol. The molecule has 0 aliphatic carbocycles. The van der Waals surface area contributed by atoms with Crippen molar-refractivity contribution in [1.29, 1.82) is 0 Å². The Balaban J connectivity index is 1.99. The lowest BCUT2D eigenvalue weighted by molar-refractivity contribution is -0.113. The minimum atomic E-state index is -0.738. The maximum absolute atomic E-state index is 13.8. The first-order valence-corrected chi connectivity index (χ1v) is 8.10. The molecule has 1 amide bonds. The van der Waals surface area contributed by atoms with E-state index in [1.165, 1.54) is 24.2 Å². The van der Waals surface area contributed by atoms with Crippen LogP contribution in [0, 0.1) is 11.6 Å². The zero-order valence-corrected chi connectivity index (χ0v) is 14.1. The number of hydrogen-bond acceptors (Lipinski definition) is 4. The Morgan fingerprint density at radius 3 is 2.67 bits per heavy atom. The van der Waals surface area contributed by atoms with E-state index in [9.17, 15) is 13.6 Å². The van der Waals surface area contributed by atoms with Crippen molar-refractivity contribution in [2.24, 2.45) is 0 Å². The zero-order chi connectivity index (χ0) is 17.3. The van der Waals surface area contributed by atoms with Gasteiger partial charge < -0.3 is 4.74 Å². The Hall–Kier alpha value is -2.25. The monoisotopic (exact) mass is 363 g/mol. The van der Waals surface area contributed by atoms with Gasteiger partial charge in [0.15, 0.2) is 4.32 Å². The summed E-state index contributed by atoms with van der Waals surface area (Å²) < 4.78 is 32.4. The average Bonchev–Trinajstić information content (AvgIpc) is 2.84. The largest absolute Gasteiger partial charge is 0.495 e. The summed E-state index contributed by atoms with van der Waals surface area (Å²) in [5, 5.41) is 0. The van der Waals surface area contributed by atoms with Crippen LogP contribution in [0.2, 0.25) is 0 Å². The molecule has 0 bridgehead atoms. The van der Waals surface area contributed by atoms with E-state index in [1.54, 1.807) is 24.3 Å². The first-order chi connectivity index (χ1) is 11.5. The lowest BCUT2D eigenvalue weighted by Gasteiger charge is -2.17. The molecular weight excluding hydrogens is 352 g/mol. The summed E-state index contributed by atoms with van der Waals surface area (Å²) in [5.41, 5.74) is 0.641. The molecule has 0 N–H and O–H groups in total. The molecular formula is C17H11F2NO2S2. The Morgan fingerprint density at radius 1 is 1.21 bits per heavy atom. The smallest absolute Gasteiger partial charge is 0.270 e. The number of carbonyl (C=O) groups is 1. The molecule has 1 heterocycles. The molecule has 7 heteroatoms. The highest BCUT2D eigenvalue weighted by molar-refractivity contribution is 8.27. The predicted molar refractivity (Wildman–Crippen MR) is 95.0 cm³/mol. The highest BCUT2D eigenvalue weighted by Crippen LogP contribution is 2.39. The van der Waals surface area contributed by atoms with Gasteiger partial charge in [0.05, 0.1) is 17.7 Å². The SMILES string of the molecule is COc1ccccc1N1C(=O)/C(=C\c2ccc(F)cc2F)SC1=S. The van der Waals surface area contributed by atoms with Crippen molar-refractivity contribution in [2.45, 2.75) is 0 Å². The van der Waals surface area contributed by atoms with Crippen molar-refractivity contribution < 1.29 is 18.3 Å². The van der Waals surface area contributed by atoms with Gasteiger partial charge in [0.1, 0.15) is 17.4 Å². The molecule has 1 saturated heterocycles. The molecule has 1 aliphatic heterocycles. The second-order valence-electron chi connectivity index (χ2n) is 4.85. The normalized spacial score (nSPS) is 16.1. The van der Waals surface area contributed by atoms with Gasteiger partial charge in [-0.25, -0.2) is 8.78 Å². The summed E-state index contributed by atoms with van der Waals surface area (Å²) in [7, 11) is 1.50. The molecule has 1 fully saturated rings. The molecule has 3 nitrogen and oxygen atoms in total. The summed E-state index contributed by atoms with van der Waals surface area (Å²) >= 11 is 6.33. The van der Waals surface area contributed by atoms with Gasteiger partial charge in [-0.3, -0.25) is 9.69 Å². The lowest BCUT2D eigenvalue weighted by atomic mass is 10.2. The Bertz CT molecular complexity index is 867. The number of thioether (sulfide) groups is 1. The number of ether oxygens (including phenoxy) is 1. The van der Waals surface area contributed by atoms with Crippen LogP contribution >= 0.6 is 24.0 Å². The quantitative estimate of drug-likeness (QED) is 0.598. The van der Waals surface area contributed by atoms with Crippen molar-refractivity contribution in [3.63, 3.8) is 0 Å². The topological polar surface area (TPSA) is 29.5 Å². The van der Waals surface area contributed by atoms with Gasteiger partial charge >= 0.3 is 0 Å². The van der Waals surface area contributed by atoms with E-state index >= 15 is 0 Å². The Kier molecular flexibility index (Phi) is 4.64. The van der Waals surface area contributed by atoms with Crippen molar-refractivity contribution in [3.8, 4) is 5.75 Å². The predicted octanol–water partition coefficient (Wildman–Crippen LogP) is 4.38. The third-order valence-corrected chi connectivity index (χ3v) is 4.67. The molecule has 2 aromatic carbocycles. The van der Waals surface area contributed by atoms with Crippen LogP contribution in [0.4, 0.5) is 14.5 Å². The van der Waals surface area contributed by atoms with Gasteiger partial charge in [0, 0.05) is 11.6 Å². The van der Waals surface area contributed by atoms with Crippen LogP contribution in [0.25, 0.3) is 6.08 Å². The number of rotatable bonds is 3. The highest BCUT2D eigenvalue weighted by Gasteiger charge is 2.34. The van der Waals surface area contributed by atoms with E-state index in [0.717, 1.165) is 23.9 Å². The van der Waals surface area contributed by atoms with Crippen LogP contribution in [0.1, 0.15) is 5.56 Å². The van der Waals surface area contributed by atoms with Crippen molar-refractivity contribution in [2.75, 3.05) is 12.0 Å². The fraction of sp³-hybridized carbons (Fsp3) is 0.0588. The summed E-state index contributed by atoms with van der Waals surface area (Å²) in [6.07, 6.45) is 1.36. The van der Waals surface area contributed by atoms with E-state index in [1.807, 2.05) is 0 Å². The van der Waals surface area contributed by atoms with Gasteiger partial charge in [0.25, 0.3) is 5.91 Å². The minimum absolute atomic E-state index is 0.122. The van der Waals surface area contributed by atoms with E-state index in [4.69, 9.17) is 17.0 Å². The number of para-hydroxylation sites is 2. The number of hydrogen-bond donors (Lipinski definition) is 0. The number of carbonyl (C=O) groups excluding carboxylic acids is 1. The molecule has 24 heavy (non-hydrogen) atoms. The molecule has 122 valence electrons. The molecule has 0 saturated carbocycles. The van der Waals surface area contributed by atoms with Crippen LogP contribution in [0.15, 0.2) is 47.4 Å². The number of thiocarbonyl (C=S) groups is 1. The van der Waals surface area contributed by atoms with Crippen LogP contribution in [-0.4, -0.2) is 17.3 Å². The molecule has 3 rings (SSSR count). The summed E-state index contributed by atoms with van der Waals surface area (Å²) in [4.78, 5) is 14.3. The third-order valence-electron chi connectivity index (χ3n) is 3.37. The number of benzene rings is 2. The third kappa shape index (κ3) is 3.05. The van der Waals surface area contributed by atoms with Gasteiger partial charge in [-0.15, -0.1) is 0 Å². The second-order valence-corrected chi connectivity index (χ2v) is 6.53. The number of amides is 1. The Morgan fingerprint density at radius 2 is 1.96 bits per heavy atom. The van der Waals surface area contributed by atoms with Crippen LogP contribution in [0.3, 0.4) is 0 Å². The maximum Gasteiger partial charge on any atom is 0.270 e. The maximum atomic E-state index is 13.8. The van der Waals surface area contributed by atoms with Gasteiger partial charge in [-0.1, -0.05) is 36.1 Å². The lowest BCUT2D eigenvalue weighted by Crippen LogP contribution is -2.27. The number of anilines is 1. The number of nitrogens with zero attached hydrogens (tertiary/aromatic N) is 1. The first kappa shape index (κ1) is 16.6. The second kappa shape index (κ2) is 6.70. The number of methoxy groups -OCH3 is 1. The number of halogens is 2. The fourth-order valence-corrected chi connectivity index (χ4v) is 3.53. The standard InChI is InChI=1S/C17H11F2NO2S2/c1-22-14-5-3-2-4-13(14)20-16(21)15(24-17(20)23)8-10-6-7-11(18)9-12(10)19/h2-9H,1H3/b15-8+. The van der Waals surface area contributed by atoms with Crippen molar-refractivity contribution >= 4 is 46.0 Å². The molecule has 0 aromatic heterocycles. The Labute approximate surface area is 146 Å². The van der Waals surface area contributed by atoms with E-state index in [2.05, 4.69) is 0 Å². The van der Waals surface area contributed by atoms with E-state index < -0.39 is 11.6 Å².